The zero-order valence-electron chi connectivity index (χ0n) is 12.0. The molecule has 23 heavy (non-hydrogen) atoms. The summed E-state index contributed by atoms with van der Waals surface area (Å²) in [4.78, 5) is 26.4. The molecule has 0 radical (unpaired) electrons. The van der Waals surface area contributed by atoms with Crippen LogP contribution < -0.4 is 16.2 Å². The quantitative estimate of drug-likeness (QED) is 0.790. The topological polar surface area (TPSA) is 74.0 Å². The zero-order chi connectivity index (χ0) is 17.0. The molecule has 9 heteroatoms. The standard InChI is InChI=1S/C14H14F3N3O2S/c1-2-9(11-4-3-5-23-11)19-13(22)20-10-6-8(14(15,16)17)7-18-12(10)21/h3-7,9H,2H2,1H3,(H,18,21)(H2,19,20,22). The number of rotatable bonds is 4. The van der Waals surface area contributed by atoms with Crippen LogP contribution in [0.25, 0.3) is 0 Å². The van der Waals surface area contributed by atoms with Gasteiger partial charge in [0, 0.05) is 11.1 Å². The molecule has 0 saturated carbocycles. The number of urea groups is 1. The third-order valence-corrected chi connectivity index (χ3v) is 4.06. The smallest absolute Gasteiger partial charge is 0.330 e. The van der Waals surface area contributed by atoms with Gasteiger partial charge in [0.25, 0.3) is 5.56 Å². The summed E-state index contributed by atoms with van der Waals surface area (Å²) in [6.07, 6.45) is -3.45. The van der Waals surface area contributed by atoms with Crippen molar-refractivity contribution in [3.8, 4) is 0 Å². The van der Waals surface area contributed by atoms with Crippen LogP contribution in [0, 0.1) is 0 Å². The summed E-state index contributed by atoms with van der Waals surface area (Å²) < 4.78 is 37.9. The molecule has 2 rings (SSSR count). The Balaban J connectivity index is 2.12. The molecule has 1 unspecified atom stereocenters. The van der Waals surface area contributed by atoms with Crippen molar-refractivity contribution in [3.63, 3.8) is 0 Å². The van der Waals surface area contributed by atoms with Gasteiger partial charge in [0.05, 0.1) is 11.6 Å². The third-order valence-electron chi connectivity index (χ3n) is 3.08. The molecule has 3 N–H and O–H groups in total. The zero-order valence-corrected chi connectivity index (χ0v) is 12.8. The van der Waals surface area contributed by atoms with E-state index >= 15 is 0 Å². The maximum Gasteiger partial charge on any atom is 0.417 e. The normalized spacial score (nSPS) is 12.7. The van der Waals surface area contributed by atoms with Crippen LogP contribution in [0.15, 0.2) is 34.6 Å². The third kappa shape index (κ3) is 4.35. The molecule has 1 atom stereocenters. The lowest BCUT2D eigenvalue weighted by molar-refractivity contribution is -0.137. The number of hydrogen-bond acceptors (Lipinski definition) is 3. The maximum absolute atomic E-state index is 12.6. The molecule has 0 spiro atoms. The van der Waals surface area contributed by atoms with Gasteiger partial charge in [-0.3, -0.25) is 4.79 Å². The van der Waals surface area contributed by atoms with Gasteiger partial charge in [0.1, 0.15) is 5.69 Å². The number of hydrogen-bond donors (Lipinski definition) is 3. The van der Waals surface area contributed by atoms with Crippen molar-refractivity contribution in [3.05, 3.63) is 50.6 Å². The largest absolute Gasteiger partial charge is 0.417 e. The Kier molecular flexibility index (Phi) is 5.09. The Morgan fingerprint density at radius 2 is 2.17 bits per heavy atom. The summed E-state index contributed by atoms with van der Waals surface area (Å²) in [6, 6.07) is 3.26. The predicted octanol–water partition coefficient (Wildman–Crippen LogP) is 3.73. The number of aromatic amines is 1. The van der Waals surface area contributed by atoms with E-state index in [0.717, 1.165) is 4.88 Å². The van der Waals surface area contributed by atoms with Gasteiger partial charge < -0.3 is 15.6 Å². The van der Waals surface area contributed by atoms with Crippen molar-refractivity contribution in [2.75, 3.05) is 5.32 Å². The van der Waals surface area contributed by atoms with E-state index in [1.54, 1.807) is 0 Å². The molecule has 2 heterocycles. The number of pyridine rings is 1. The van der Waals surface area contributed by atoms with Crippen molar-refractivity contribution >= 4 is 23.1 Å². The molecule has 5 nitrogen and oxygen atoms in total. The van der Waals surface area contributed by atoms with E-state index < -0.39 is 29.0 Å². The van der Waals surface area contributed by atoms with E-state index in [1.807, 2.05) is 29.4 Å². The van der Waals surface area contributed by atoms with Gasteiger partial charge in [-0.1, -0.05) is 13.0 Å². The molecule has 124 valence electrons. The van der Waals surface area contributed by atoms with Crippen LogP contribution in [0.5, 0.6) is 0 Å². The van der Waals surface area contributed by atoms with E-state index in [0.29, 0.717) is 18.7 Å². The second-order valence-electron chi connectivity index (χ2n) is 4.70. The maximum atomic E-state index is 12.6. The SMILES string of the molecule is CCC(NC(=O)Nc1cc(C(F)(F)F)c[nH]c1=O)c1cccs1. The van der Waals surface area contributed by atoms with Crippen LogP contribution >= 0.6 is 11.3 Å². The summed E-state index contributed by atoms with van der Waals surface area (Å²) in [5, 5.41) is 6.65. The fourth-order valence-electron chi connectivity index (χ4n) is 1.92. The van der Waals surface area contributed by atoms with E-state index in [1.165, 1.54) is 11.3 Å². The molecule has 0 fully saturated rings. The minimum Gasteiger partial charge on any atom is -0.330 e. The molecule has 0 aliphatic rings. The van der Waals surface area contributed by atoms with E-state index in [-0.39, 0.29) is 6.04 Å². The molecular formula is C14H14F3N3O2S. The first kappa shape index (κ1) is 17.1. The highest BCUT2D eigenvalue weighted by molar-refractivity contribution is 7.10. The summed E-state index contributed by atoms with van der Waals surface area (Å²) >= 11 is 1.45. The minimum absolute atomic E-state index is 0.278. The molecule has 0 aromatic carbocycles. The van der Waals surface area contributed by atoms with Gasteiger partial charge in [-0.15, -0.1) is 11.3 Å². The van der Waals surface area contributed by atoms with Crippen LogP contribution in [0.4, 0.5) is 23.7 Å². The van der Waals surface area contributed by atoms with Crippen LogP contribution in [0.3, 0.4) is 0 Å². The van der Waals surface area contributed by atoms with Crippen LogP contribution in [0.2, 0.25) is 0 Å². The van der Waals surface area contributed by atoms with Crippen molar-refractivity contribution in [1.82, 2.24) is 10.3 Å². The molecule has 0 bridgehead atoms. The average Bonchev–Trinajstić information content (AvgIpc) is 3.00. The number of amides is 2. The monoisotopic (exact) mass is 345 g/mol. The van der Waals surface area contributed by atoms with Gasteiger partial charge in [-0.05, 0) is 23.9 Å². The first-order valence-corrected chi connectivity index (χ1v) is 7.60. The second kappa shape index (κ2) is 6.86. The number of thiophene rings is 1. The first-order valence-electron chi connectivity index (χ1n) is 6.72. The van der Waals surface area contributed by atoms with Gasteiger partial charge in [-0.25, -0.2) is 4.79 Å². The van der Waals surface area contributed by atoms with Crippen LogP contribution in [-0.4, -0.2) is 11.0 Å². The summed E-state index contributed by atoms with van der Waals surface area (Å²) in [7, 11) is 0. The number of halogens is 3. The lowest BCUT2D eigenvalue weighted by Gasteiger charge is -2.16. The van der Waals surface area contributed by atoms with Crippen LogP contribution in [0.1, 0.15) is 29.8 Å². The first-order chi connectivity index (χ1) is 10.8. The Labute approximate surface area is 133 Å². The highest BCUT2D eigenvalue weighted by atomic mass is 32.1. The van der Waals surface area contributed by atoms with E-state index in [9.17, 15) is 22.8 Å². The molecule has 2 aromatic rings. The van der Waals surface area contributed by atoms with Crippen molar-refractivity contribution in [1.29, 1.82) is 0 Å². The Morgan fingerprint density at radius 1 is 1.43 bits per heavy atom. The Bertz CT molecular complexity index is 726. The lowest BCUT2D eigenvalue weighted by atomic mass is 10.2. The van der Waals surface area contributed by atoms with Crippen molar-refractivity contribution in [2.24, 2.45) is 0 Å². The van der Waals surface area contributed by atoms with Gasteiger partial charge in [0.2, 0.25) is 0 Å². The minimum atomic E-state index is -4.61. The number of anilines is 1. The van der Waals surface area contributed by atoms with Gasteiger partial charge in [-0.2, -0.15) is 13.2 Å². The second-order valence-corrected chi connectivity index (χ2v) is 5.68. The summed E-state index contributed by atoms with van der Waals surface area (Å²) in [5.74, 6) is 0. The van der Waals surface area contributed by atoms with Gasteiger partial charge >= 0.3 is 12.2 Å². The fourth-order valence-corrected chi connectivity index (χ4v) is 2.78. The Morgan fingerprint density at radius 3 is 2.74 bits per heavy atom. The van der Waals surface area contributed by atoms with E-state index in [4.69, 9.17) is 0 Å². The number of H-pyrrole nitrogens is 1. The summed E-state index contributed by atoms with van der Waals surface area (Å²) in [6.45, 7) is 1.86. The number of aromatic nitrogens is 1. The average molecular weight is 345 g/mol. The summed E-state index contributed by atoms with van der Waals surface area (Å²) in [5.41, 5.74) is -2.31. The van der Waals surface area contributed by atoms with Gasteiger partial charge in [0.15, 0.2) is 0 Å². The number of alkyl halides is 3. The predicted molar refractivity (Wildman–Crippen MR) is 81.6 cm³/mol. The Hall–Kier alpha value is -2.29. The van der Waals surface area contributed by atoms with Crippen LogP contribution in [-0.2, 0) is 6.18 Å². The van der Waals surface area contributed by atoms with Crippen molar-refractivity contribution < 1.29 is 18.0 Å². The molecule has 0 aliphatic carbocycles. The number of nitrogens with one attached hydrogen (secondary N) is 3. The fraction of sp³-hybridized carbons (Fsp3) is 0.286. The van der Waals surface area contributed by atoms with Crippen molar-refractivity contribution in [2.45, 2.75) is 25.6 Å². The molecule has 0 aliphatic heterocycles. The number of carbonyl (C=O) groups excluding carboxylic acids is 1. The highest BCUT2D eigenvalue weighted by Crippen LogP contribution is 2.29. The molecule has 2 amide bonds. The molecule has 0 saturated heterocycles. The van der Waals surface area contributed by atoms with E-state index in [2.05, 4.69) is 10.6 Å². The number of carbonyl (C=O) groups is 1. The lowest BCUT2D eigenvalue weighted by Crippen LogP contribution is -2.34. The molecule has 2 aromatic heterocycles. The molecular weight excluding hydrogens is 331 g/mol. The highest BCUT2D eigenvalue weighted by Gasteiger charge is 2.31.